The molecule has 6 nitrogen and oxygen atoms in total. The van der Waals surface area contributed by atoms with E-state index < -0.39 is 0 Å². The van der Waals surface area contributed by atoms with Crippen molar-refractivity contribution < 1.29 is 14.3 Å². The van der Waals surface area contributed by atoms with E-state index in [9.17, 15) is 4.79 Å². The number of imidazole rings is 1. The van der Waals surface area contributed by atoms with Crippen LogP contribution in [0.5, 0.6) is 11.5 Å². The lowest BCUT2D eigenvalue weighted by Crippen LogP contribution is -2.24. The van der Waals surface area contributed by atoms with Crippen molar-refractivity contribution in [3.63, 3.8) is 0 Å². The second-order valence-corrected chi connectivity index (χ2v) is 5.12. The fourth-order valence-electron chi connectivity index (χ4n) is 2.03. The van der Waals surface area contributed by atoms with Crippen LogP contribution in [-0.2, 0) is 6.54 Å². The fraction of sp³-hybridized carbons (Fsp3) is 0.333. The molecule has 0 aliphatic heterocycles. The Labute approximate surface area is 133 Å². The zero-order chi connectivity index (χ0) is 16.3. The summed E-state index contributed by atoms with van der Waals surface area (Å²) in [6.45, 7) is 4.12. The van der Waals surface area contributed by atoms with Gasteiger partial charge in [-0.25, -0.2) is 4.98 Å². The van der Waals surface area contributed by atoms with Crippen molar-refractivity contribution in [2.24, 2.45) is 0 Å². The van der Waals surface area contributed by atoms with Crippen LogP contribution in [0.25, 0.3) is 0 Å². The van der Waals surface area contributed by atoms with Gasteiger partial charge in [0.2, 0.25) is 0 Å². The Morgan fingerprint density at radius 2 is 2.05 bits per heavy atom. The third kappa shape index (κ3) is 3.17. The monoisotopic (exact) mass is 323 g/mol. The van der Waals surface area contributed by atoms with Crippen LogP contribution in [0.2, 0.25) is 5.02 Å². The summed E-state index contributed by atoms with van der Waals surface area (Å²) in [5, 5.41) is 2.99. The predicted octanol–water partition coefficient (Wildman–Crippen LogP) is 2.63. The molecule has 0 saturated heterocycles. The van der Waals surface area contributed by atoms with Crippen LogP contribution < -0.4 is 14.8 Å². The summed E-state index contributed by atoms with van der Waals surface area (Å²) < 4.78 is 10.3. The third-order valence-electron chi connectivity index (χ3n) is 3.32. The highest BCUT2D eigenvalue weighted by Gasteiger charge is 2.18. The van der Waals surface area contributed by atoms with E-state index >= 15 is 0 Å². The SMILES string of the molecule is COc1ccc(C(=O)NCc2nc(C)c(C)[nH]2)c(Cl)c1OC. The van der Waals surface area contributed by atoms with E-state index in [1.54, 1.807) is 12.1 Å². The van der Waals surface area contributed by atoms with Gasteiger partial charge < -0.3 is 19.8 Å². The highest BCUT2D eigenvalue weighted by Crippen LogP contribution is 2.37. The molecule has 118 valence electrons. The van der Waals surface area contributed by atoms with E-state index in [0.717, 1.165) is 11.4 Å². The van der Waals surface area contributed by atoms with Crippen molar-refractivity contribution in [1.82, 2.24) is 15.3 Å². The fourth-order valence-corrected chi connectivity index (χ4v) is 2.35. The zero-order valence-electron chi connectivity index (χ0n) is 12.9. The van der Waals surface area contributed by atoms with Gasteiger partial charge in [0.05, 0.1) is 37.0 Å². The van der Waals surface area contributed by atoms with Crippen molar-refractivity contribution in [3.05, 3.63) is 39.9 Å². The number of methoxy groups -OCH3 is 2. The van der Waals surface area contributed by atoms with Gasteiger partial charge in [0.25, 0.3) is 5.91 Å². The number of nitrogens with one attached hydrogen (secondary N) is 2. The summed E-state index contributed by atoms with van der Waals surface area (Å²) in [5.41, 5.74) is 2.21. The number of carbonyl (C=O) groups is 1. The number of rotatable bonds is 5. The van der Waals surface area contributed by atoms with Crippen molar-refractivity contribution in [3.8, 4) is 11.5 Å². The first-order valence-electron chi connectivity index (χ1n) is 6.68. The molecule has 0 aliphatic rings. The van der Waals surface area contributed by atoms with Crippen molar-refractivity contribution in [2.75, 3.05) is 14.2 Å². The first kappa shape index (κ1) is 16.2. The van der Waals surface area contributed by atoms with Crippen LogP contribution >= 0.6 is 11.6 Å². The normalized spacial score (nSPS) is 10.4. The minimum atomic E-state index is -0.308. The second-order valence-electron chi connectivity index (χ2n) is 4.74. The van der Waals surface area contributed by atoms with Gasteiger partial charge >= 0.3 is 0 Å². The molecule has 2 rings (SSSR count). The van der Waals surface area contributed by atoms with Gasteiger partial charge in [0.15, 0.2) is 11.5 Å². The predicted molar refractivity (Wildman–Crippen MR) is 83.8 cm³/mol. The Bertz CT molecular complexity index is 678. The summed E-state index contributed by atoms with van der Waals surface area (Å²) in [4.78, 5) is 19.7. The van der Waals surface area contributed by atoms with E-state index in [1.807, 2.05) is 13.8 Å². The standard InChI is InChI=1S/C15H18ClN3O3/c1-8-9(2)19-12(18-8)7-17-15(20)10-5-6-11(21-3)14(22-4)13(10)16/h5-6H,7H2,1-4H3,(H,17,20)(H,18,19). The van der Waals surface area contributed by atoms with Crippen LogP contribution in [0.3, 0.4) is 0 Å². The number of hydrogen-bond donors (Lipinski definition) is 2. The molecule has 1 amide bonds. The third-order valence-corrected chi connectivity index (χ3v) is 3.70. The average molecular weight is 324 g/mol. The molecule has 0 spiro atoms. The number of carbonyl (C=O) groups excluding carboxylic acids is 1. The number of ether oxygens (including phenoxy) is 2. The maximum Gasteiger partial charge on any atom is 0.253 e. The van der Waals surface area contributed by atoms with Crippen LogP contribution in [0.15, 0.2) is 12.1 Å². The summed E-state index contributed by atoms with van der Waals surface area (Å²) >= 11 is 6.21. The molecule has 0 radical (unpaired) electrons. The zero-order valence-corrected chi connectivity index (χ0v) is 13.7. The summed E-state index contributed by atoms with van der Waals surface area (Å²) in [6.07, 6.45) is 0. The minimum Gasteiger partial charge on any atom is -0.493 e. The number of nitrogens with zero attached hydrogens (tertiary/aromatic N) is 1. The average Bonchev–Trinajstić information content (AvgIpc) is 2.83. The molecule has 0 atom stereocenters. The lowest BCUT2D eigenvalue weighted by Gasteiger charge is -2.12. The molecular formula is C15H18ClN3O3. The van der Waals surface area contributed by atoms with E-state index in [4.69, 9.17) is 21.1 Å². The molecule has 0 unspecified atom stereocenters. The number of benzene rings is 1. The molecular weight excluding hydrogens is 306 g/mol. The lowest BCUT2D eigenvalue weighted by atomic mass is 10.2. The van der Waals surface area contributed by atoms with Crippen LogP contribution in [0.1, 0.15) is 27.6 Å². The maximum atomic E-state index is 12.3. The van der Waals surface area contributed by atoms with Gasteiger partial charge in [-0.2, -0.15) is 0 Å². The van der Waals surface area contributed by atoms with Gasteiger partial charge in [0.1, 0.15) is 5.82 Å². The van der Waals surface area contributed by atoms with Gasteiger partial charge in [-0.05, 0) is 26.0 Å². The second kappa shape index (κ2) is 6.70. The number of aromatic nitrogens is 2. The lowest BCUT2D eigenvalue weighted by molar-refractivity contribution is 0.0949. The molecule has 1 heterocycles. The summed E-state index contributed by atoms with van der Waals surface area (Å²) in [5.74, 6) is 1.19. The topological polar surface area (TPSA) is 76.2 Å². The molecule has 1 aromatic heterocycles. The molecule has 2 N–H and O–H groups in total. The van der Waals surface area contributed by atoms with E-state index in [-0.39, 0.29) is 17.5 Å². The van der Waals surface area contributed by atoms with Crippen molar-refractivity contribution >= 4 is 17.5 Å². The molecule has 1 aromatic carbocycles. The molecule has 0 aliphatic carbocycles. The molecule has 0 fully saturated rings. The Morgan fingerprint density at radius 1 is 1.32 bits per heavy atom. The molecule has 2 aromatic rings. The molecule has 22 heavy (non-hydrogen) atoms. The minimum absolute atomic E-state index is 0.214. The number of H-pyrrole nitrogens is 1. The number of aryl methyl sites for hydroxylation is 2. The quantitative estimate of drug-likeness (QED) is 0.887. The Kier molecular flexibility index (Phi) is 4.92. The van der Waals surface area contributed by atoms with E-state index in [0.29, 0.717) is 22.9 Å². The maximum absolute atomic E-state index is 12.3. The molecule has 7 heteroatoms. The highest BCUT2D eigenvalue weighted by atomic mass is 35.5. The summed E-state index contributed by atoms with van der Waals surface area (Å²) in [7, 11) is 2.98. The van der Waals surface area contributed by atoms with Crippen LogP contribution in [0.4, 0.5) is 0 Å². The van der Waals surface area contributed by atoms with Crippen LogP contribution in [-0.4, -0.2) is 30.1 Å². The Morgan fingerprint density at radius 3 is 2.59 bits per heavy atom. The first-order chi connectivity index (χ1) is 10.5. The van der Waals surface area contributed by atoms with Gasteiger partial charge in [-0.3, -0.25) is 4.79 Å². The van der Waals surface area contributed by atoms with Gasteiger partial charge in [-0.1, -0.05) is 11.6 Å². The van der Waals surface area contributed by atoms with Gasteiger partial charge in [-0.15, -0.1) is 0 Å². The number of aromatic amines is 1. The summed E-state index contributed by atoms with van der Waals surface area (Å²) in [6, 6.07) is 3.23. The van der Waals surface area contributed by atoms with E-state index in [1.165, 1.54) is 14.2 Å². The van der Waals surface area contributed by atoms with Crippen molar-refractivity contribution in [2.45, 2.75) is 20.4 Å². The highest BCUT2D eigenvalue weighted by molar-refractivity contribution is 6.35. The number of halogens is 1. The molecule has 0 saturated carbocycles. The first-order valence-corrected chi connectivity index (χ1v) is 7.06. The largest absolute Gasteiger partial charge is 0.493 e. The number of amides is 1. The smallest absolute Gasteiger partial charge is 0.253 e. The van der Waals surface area contributed by atoms with Crippen LogP contribution in [0, 0.1) is 13.8 Å². The van der Waals surface area contributed by atoms with Crippen molar-refractivity contribution in [1.29, 1.82) is 0 Å². The van der Waals surface area contributed by atoms with Gasteiger partial charge in [0, 0.05) is 5.69 Å². The Balaban J connectivity index is 2.16. The number of hydrogen-bond acceptors (Lipinski definition) is 4. The van der Waals surface area contributed by atoms with E-state index in [2.05, 4.69) is 15.3 Å². The Hall–Kier alpha value is -2.21. The molecule has 0 bridgehead atoms.